The number of nitrogens with zero attached hydrogens (tertiary/aromatic N) is 1. The van der Waals surface area contributed by atoms with Gasteiger partial charge < -0.3 is 30.5 Å². The molecule has 0 aromatic heterocycles. The molecule has 1 amide bonds. The fraction of sp³-hybridized carbons (Fsp3) is 0.447. The highest BCUT2D eigenvalue weighted by molar-refractivity contribution is 6.31. The topological polar surface area (TPSA) is 128 Å². The van der Waals surface area contributed by atoms with Gasteiger partial charge in [0.1, 0.15) is 11.6 Å². The van der Waals surface area contributed by atoms with Gasteiger partial charge in [-0.25, -0.2) is 9.18 Å². The van der Waals surface area contributed by atoms with Gasteiger partial charge in [0.2, 0.25) is 5.91 Å². The zero-order valence-corrected chi connectivity index (χ0v) is 29.9. The van der Waals surface area contributed by atoms with Crippen LogP contribution < -0.4 is 20.3 Å². The van der Waals surface area contributed by atoms with E-state index in [2.05, 4.69) is 36.3 Å². The van der Waals surface area contributed by atoms with Crippen LogP contribution in [0.25, 0.3) is 0 Å². The second-order valence-electron chi connectivity index (χ2n) is 15.0. The maximum atomic E-state index is 16.4. The molecule has 3 aliphatic rings. The van der Waals surface area contributed by atoms with Crippen LogP contribution in [-0.2, 0) is 15.0 Å². The van der Waals surface area contributed by atoms with Crippen molar-refractivity contribution in [2.45, 2.75) is 82.3 Å². The van der Waals surface area contributed by atoms with Crippen molar-refractivity contribution in [1.82, 2.24) is 5.32 Å². The number of nitrogens with one attached hydrogen (secondary N) is 2. The predicted molar refractivity (Wildman–Crippen MR) is 191 cm³/mol. The van der Waals surface area contributed by atoms with Crippen molar-refractivity contribution in [2.24, 2.45) is 11.3 Å². The molecule has 3 aromatic carbocycles. The standard InChI is InChI=1S/C38H42Cl2FN3O6/c1-37(2,3)18-30-38(19-44(28-17-22(39)11-14-25(28)38)23-12-8-20(9-13-23)35(46)47)31(24-6-5-7-26(40)32(24)41)33(43-30)34(45)42-27-15-10-21(36(48)49)16-29(27)50-4/h5-7,10-11,14-17,20,23,30-31,33,43H,8-9,12-13,18-19H2,1-4H3,(H,42,45)(H,46,47)(H,48,49)/t20-,23-,30-,31-,33+,38-/m0/s1. The van der Waals surface area contributed by atoms with Crippen molar-refractivity contribution in [1.29, 1.82) is 0 Å². The van der Waals surface area contributed by atoms with Crippen molar-refractivity contribution in [3.8, 4) is 5.75 Å². The minimum absolute atomic E-state index is 0.000567. The molecule has 2 aliphatic heterocycles. The molecule has 2 heterocycles. The van der Waals surface area contributed by atoms with Crippen LogP contribution in [0.15, 0.2) is 54.6 Å². The largest absolute Gasteiger partial charge is 0.495 e. The van der Waals surface area contributed by atoms with E-state index in [1.54, 1.807) is 12.1 Å². The first kappa shape index (κ1) is 35.9. The summed E-state index contributed by atoms with van der Waals surface area (Å²) in [6.45, 7) is 6.82. The number of rotatable bonds is 8. The Bertz CT molecular complexity index is 1820. The highest BCUT2D eigenvalue weighted by Gasteiger charge is 2.63. The Morgan fingerprint density at radius 3 is 2.40 bits per heavy atom. The highest BCUT2D eigenvalue weighted by Crippen LogP contribution is 2.59. The number of aromatic carboxylic acids is 1. The molecular weight excluding hydrogens is 684 g/mol. The quantitative estimate of drug-likeness (QED) is 0.186. The fourth-order valence-electron chi connectivity index (χ4n) is 8.52. The van der Waals surface area contributed by atoms with E-state index in [4.69, 9.17) is 27.9 Å². The third-order valence-corrected chi connectivity index (χ3v) is 11.2. The number of carbonyl (C=O) groups excluding carboxylic acids is 1. The van der Waals surface area contributed by atoms with Crippen LogP contribution >= 0.6 is 23.2 Å². The van der Waals surface area contributed by atoms with E-state index in [-0.39, 0.29) is 39.5 Å². The molecule has 1 saturated carbocycles. The Morgan fingerprint density at radius 1 is 1.04 bits per heavy atom. The number of hydrogen-bond acceptors (Lipinski definition) is 6. The molecule has 266 valence electrons. The number of methoxy groups -OCH3 is 1. The third kappa shape index (κ3) is 6.53. The molecule has 4 atom stereocenters. The Kier molecular flexibility index (Phi) is 9.85. The third-order valence-electron chi connectivity index (χ3n) is 10.7. The summed E-state index contributed by atoms with van der Waals surface area (Å²) in [6.07, 6.45) is 3.06. The van der Waals surface area contributed by atoms with Crippen molar-refractivity contribution in [3.63, 3.8) is 0 Å². The van der Waals surface area contributed by atoms with Gasteiger partial charge in [-0.1, -0.05) is 62.2 Å². The van der Waals surface area contributed by atoms with Crippen molar-refractivity contribution >= 4 is 52.4 Å². The van der Waals surface area contributed by atoms with Crippen molar-refractivity contribution in [3.05, 3.63) is 87.2 Å². The maximum absolute atomic E-state index is 16.4. The van der Waals surface area contributed by atoms with Gasteiger partial charge >= 0.3 is 11.9 Å². The Balaban J connectivity index is 1.51. The van der Waals surface area contributed by atoms with Crippen LogP contribution in [0.5, 0.6) is 5.75 Å². The summed E-state index contributed by atoms with van der Waals surface area (Å²) in [5.41, 5.74) is 1.36. The minimum Gasteiger partial charge on any atom is -0.495 e. The summed E-state index contributed by atoms with van der Waals surface area (Å²) >= 11 is 13.1. The zero-order chi connectivity index (χ0) is 36.1. The SMILES string of the molecule is COc1cc(C(=O)O)ccc1NC(=O)[C@@H]1N[C@@H](CC(C)(C)C)[C@@]2(CN([C@H]3CC[C@H](C(=O)O)CC3)c3cc(Cl)ccc32)[C@H]1c1cccc(Cl)c1F. The number of hydrogen-bond donors (Lipinski definition) is 4. The van der Waals surface area contributed by atoms with Crippen LogP contribution in [0.4, 0.5) is 15.8 Å². The number of carbonyl (C=O) groups is 3. The van der Waals surface area contributed by atoms with E-state index in [1.165, 1.54) is 31.4 Å². The van der Waals surface area contributed by atoms with Crippen molar-refractivity contribution < 1.29 is 33.7 Å². The summed E-state index contributed by atoms with van der Waals surface area (Å²) in [6, 6.07) is 13.6. The van der Waals surface area contributed by atoms with E-state index < -0.39 is 47.0 Å². The van der Waals surface area contributed by atoms with Crippen LogP contribution in [0.1, 0.15) is 80.3 Å². The summed E-state index contributed by atoms with van der Waals surface area (Å²) in [4.78, 5) is 40.4. The number of fused-ring (bicyclic) bond motifs is 2. The second kappa shape index (κ2) is 13.7. The summed E-state index contributed by atoms with van der Waals surface area (Å²) < 4.78 is 21.9. The molecule has 1 saturated heterocycles. The summed E-state index contributed by atoms with van der Waals surface area (Å²) in [5, 5.41) is 26.3. The van der Waals surface area contributed by atoms with Gasteiger partial charge in [-0.05, 0) is 85.0 Å². The van der Waals surface area contributed by atoms with E-state index in [1.807, 2.05) is 18.2 Å². The first-order valence-electron chi connectivity index (χ1n) is 16.9. The number of halogens is 3. The smallest absolute Gasteiger partial charge is 0.335 e. The number of carboxylic acid groups (broad SMARTS) is 2. The molecule has 12 heteroatoms. The van der Waals surface area contributed by atoms with Crippen LogP contribution in [0.2, 0.25) is 10.0 Å². The van der Waals surface area contributed by atoms with Gasteiger partial charge in [-0.3, -0.25) is 9.59 Å². The van der Waals surface area contributed by atoms with Gasteiger partial charge in [-0.2, -0.15) is 0 Å². The fourth-order valence-corrected chi connectivity index (χ4v) is 8.87. The predicted octanol–water partition coefficient (Wildman–Crippen LogP) is 7.74. The Labute approximate surface area is 301 Å². The van der Waals surface area contributed by atoms with Gasteiger partial charge in [-0.15, -0.1) is 0 Å². The molecule has 0 bridgehead atoms. The van der Waals surface area contributed by atoms with Crippen LogP contribution in [0.3, 0.4) is 0 Å². The van der Waals surface area contributed by atoms with E-state index >= 15 is 4.39 Å². The Hall–Kier alpha value is -3.86. The Morgan fingerprint density at radius 2 is 1.76 bits per heavy atom. The highest BCUT2D eigenvalue weighted by atomic mass is 35.5. The first-order chi connectivity index (χ1) is 23.6. The monoisotopic (exact) mass is 725 g/mol. The molecule has 2 fully saturated rings. The molecule has 0 unspecified atom stereocenters. The number of ether oxygens (including phenoxy) is 1. The summed E-state index contributed by atoms with van der Waals surface area (Å²) in [7, 11) is 1.39. The average molecular weight is 727 g/mol. The lowest BCUT2D eigenvalue weighted by atomic mass is 9.63. The van der Waals surface area contributed by atoms with Crippen molar-refractivity contribution in [2.75, 3.05) is 23.9 Å². The number of aliphatic carboxylic acids is 1. The van der Waals surface area contributed by atoms with Crippen LogP contribution in [-0.4, -0.2) is 59.8 Å². The molecule has 9 nitrogen and oxygen atoms in total. The molecule has 1 aliphatic carbocycles. The van der Waals surface area contributed by atoms with E-state index in [0.717, 1.165) is 11.3 Å². The normalized spacial score (nSPS) is 26.1. The lowest BCUT2D eigenvalue weighted by Crippen LogP contribution is -2.50. The molecular formula is C38H42Cl2FN3O6. The number of carboxylic acids is 2. The molecule has 1 spiro atoms. The maximum Gasteiger partial charge on any atom is 0.335 e. The summed E-state index contributed by atoms with van der Waals surface area (Å²) in [5.74, 6) is -3.94. The van der Waals surface area contributed by atoms with E-state index in [9.17, 15) is 24.6 Å². The number of anilines is 2. The lowest BCUT2D eigenvalue weighted by molar-refractivity contribution is -0.142. The van der Waals surface area contributed by atoms with Gasteiger partial charge in [0, 0.05) is 40.7 Å². The molecule has 0 radical (unpaired) electrons. The van der Waals surface area contributed by atoms with Gasteiger partial charge in [0.15, 0.2) is 0 Å². The molecule has 3 aromatic rings. The number of amides is 1. The average Bonchev–Trinajstić information content (AvgIpc) is 3.56. The van der Waals surface area contributed by atoms with Gasteiger partial charge in [0.05, 0.1) is 35.3 Å². The first-order valence-corrected chi connectivity index (χ1v) is 17.6. The van der Waals surface area contributed by atoms with E-state index in [0.29, 0.717) is 49.2 Å². The van der Waals surface area contributed by atoms with Gasteiger partial charge in [0.25, 0.3) is 0 Å². The van der Waals surface area contributed by atoms with Crippen LogP contribution in [0, 0.1) is 17.2 Å². The molecule has 4 N–H and O–H groups in total. The molecule has 50 heavy (non-hydrogen) atoms. The molecule has 6 rings (SSSR count). The zero-order valence-electron chi connectivity index (χ0n) is 28.4. The second-order valence-corrected chi connectivity index (χ2v) is 15.8. The number of benzene rings is 3. The lowest BCUT2D eigenvalue weighted by Gasteiger charge is -2.42. The minimum atomic E-state index is -1.14.